The molecule has 0 aliphatic rings. The van der Waals surface area contributed by atoms with E-state index in [1.807, 2.05) is 6.92 Å². The molecule has 2 N–H and O–H groups in total. The molecule has 0 spiro atoms. The van der Waals surface area contributed by atoms with Crippen molar-refractivity contribution in [2.75, 3.05) is 20.1 Å². The number of halogens is 1. The van der Waals surface area contributed by atoms with Gasteiger partial charge in [-0.1, -0.05) is 26.0 Å². The van der Waals surface area contributed by atoms with Crippen molar-refractivity contribution in [1.82, 2.24) is 9.88 Å². The monoisotopic (exact) mass is 307 g/mol. The van der Waals surface area contributed by atoms with Crippen LogP contribution in [0.15, 0.2) is 30.3 Å². The van der Waals surface area contributed by atoms with Crippen LogP contribution in [0.3, 0.4) is 0 Å². The van der Waals surface area contributed by atoms with Crippen LogP contribution in [0.25, 0.3) is 10.9 Å². The zero-order chi connectivity index (χ0) is 14.8. The second-order valence-electron chi connectivity index (χ2n) is 6.52. The van der Waals surface area contributed by atoms with E-state index in [0.717, 1.165) is 24.3 Å². The van der Waals surface area contributed by atoms with Gasteiger partial charge in [0.2, 0.25) is 0 Å². The van der Waals surface area contributed by atoms with Gasteiger partial charge in [-0.25, -0.2) is 0 Å². The molecule has 21 heavy (non-hydrogen) atoms. The number of aryl methyl sites for hydroxylation is 1. The summed E-state index contributed by atoms with van der Waals surface area (Å²) in [7, 11) is 2.15. The Morgan fingerprint density at radius 1 is 1.19 bits per heavy atom. The quantitative estimate of drug-likeness (QED) is 0.921. The zero-order valence-corrected chi connectivity index (χ0v) is 14.2. The first-order valence-electron chi connectivity index (χ1n) is 7.14. The summed E-state index contributed by atoms with van der Waals surface area (Å²) in [6.45, 7) is 9.07. The molecular formula is C17H26ClN3. The first-order valence-corrected chi connectivity index (χ1v) is 7.14. The Morgan fingerprint density at radius 3 is 2.57 bits per heavy atom. The molecule has 0 aliphatic carbocycles. The molecule has 1 heterocycles. The van der Waals surface area contributed by atoms with Crippen molar-refractivity contribution in [3.05, 3.63) is 41.6 Å². The summed E-state index contributed by atoms with van der Waals surface area (Å²) in [6, 6.07) is 10.7. The van der Waals surface area contributed by atoms with Crippen LogP contribution in [0, 0.1) is 12.3 Å². The molecule has 116 valence electrons. The largest absolute Gasteiger partial charge is 0.330 e. The Bertz CT molecular complexity index is 596. The number of pyridine rings is 1. The Morgan fingerprint density at radius 2 is 1.90 bits per heavy atom. The molecule has 0 aliphatic heterocycles. The average Bonchev–Trinajstić information content (AvgIpc) is 2.38. The number of nitrogens with two attached hydrogens (primary N) is 1. The molecule has 2 aromatic rings. The minimum absolute atomic E-state index is 0. The number of hydrogen-bond acceptors (Lipinski definition) is 3. The smallest absolute Gasteiger partial charge is 0.0705 e. The SMILES string of the molecule is Cc1ccc2cc(CN(C)CC(C)(C)CN)ccc2n1.Cl. The standard InChI is InChI=1S/C17H25N3.ClH/c1-13-5-7-15-9-14(6-8-16(15)19-13)10-20(4)12-17(2,3)11-18;/h5-9H,10-12,18H2,1-4H3;1H. The number of fused-ring (bicyclic) bond motifs is 1. The lowest BCUT2D eigenvalue weighted by Gasteiger charge is -2.29. The van der Waals surface area contributed by atoms with Crippen molar-refractivity contribution in [3.63, 3.8) is 0 Å². The van der Waals surface area contributed by atoms with Gasteiger partial charge in [0.1, 0.15) is 0 Å². The van der Waals surface area contributed by atoms with Crippen LogP contribution in [0.2, 0.25) is 0 Å². The third-order valence-corrected chi connectivity index (χ3v) is 3.60. The molecule has 3 nitrogen and oxygen atoms in total. The summed E-state index contributed by atoms with van der Waals surface area (Å²) < 4.78 is 0. The predicted octanol–water partition coefficient (Wildman–Crippen LogP) is 3.38. The molecule has 0 saturated heterocycles. The number of hydrogen-bond donors (Lipinski definition) is 1. The van der Waals surface area contributed by atoms with Gasteiger partial charge in [-0.05, 0) is 49.7 Å². The summed E-state index contributed by atoms with van der Waals surface area (Å²) in [5, 5.41) is 1.21. The molecule has 0 bridgehead atoms. The van der Waals surface area contributed by atoms with E-state index >= 15 is 0 Å². The molecule has 0 radical (unpaired) electrons. The molecule has 1 aromatic carbocycles. The van der Waals surface area contributed by atoms with Crippen molar-refractivity contribution in [2.45, 2.75) is 27.3 Å². The van der Waals surface area contributed by atoms with Crippen LogP contribution in [0.1, 0.15) is 25.1 Å². The van der Waals surface area contributed by atoms with Gasteiger partial charge in [0, 0.05) is 24.2 Å². The van der Waals surface area contributed by atoms with Crippen LogP contribution in [-0.2, 0) is 6.54 Å². The lowest BCUT2D eigenvalue weighted by Crippen LogP contribution is -2.36. The fourth-order valence-electron chi connectivity index (χ4n) is 2.54. The van der Waals surface area contributed by atoms with Crippen molar-refractivity contribution >= 4 is 23.3 Å². The van der Waals surface area contributed by atoms with E-state index in [-0.39, 0.29) is 17.8 Å². The maximum atomic E-state index is 5.80. The second kappa shape index (κ2) is 7.21. The highest BCUT2D eigenvalue weighted by molar-refractivity contribution is 5.85. The Balaban J connectivity index is 0.00000220. The van der Waals surface area contributed by atoms with Crippen LogP contribution in [0.4, 0.5) is 0 Å². The van der Waals surface area contributed by atoms with E-state index in [4.69, 9.17) is 5.73 Å². The van der Waals surface area contributed by atoms with Gasteiger partial charge in [0.25, 0.3) is 0 Å². The Kier molecular flexibility index (Phi) is 6.14. The van der Waals surface area contributed by atoms with E-state index in [0.29, 0.717) is 6.54 Å². The van der Waals surface area contributed by atoms with E-state index in [1.165, 1.54) is 10.9 Å². The molecule has 0 saturated carbocycles. The summed E-state index contributed by atoms with van der Waals surface area (Å²) in [5.74, 6) is 0. The predicted molar refractivity (Wildman–Crippen MR) is 92.9 cm³/mol. The highest BCUT2D eigenvalue weighted by atomic mass is 35.5. The van der Waals surface area contributed by atoms with Crippen LogP contribution in [0.5, 0.6) is 0 Å². The van der Waals surface area contributed by atoms with Gasteiger partial charge < -0.3 is 10.6 Å². The number of rotatable bonds is 5. The molecule has 0 amide bonds. The van der Waals surface area contributed by atoms with Crippen molar-refractivity contribution in [2.24, 2.45) is 11.1 Å². The van der Waals surface area contributed by atoms with Gasteiger partial charge in [-0.3, -0.25) is 4.98 Å². The topological polar surface area (TPSA) is 42.1 Å². The molecule has 2 rings (SSSR count). The second-order valence-corrected chi connectivity index (χ2v) is 6.52. The number of benzene rings is 1. The van der Waals surface area contributed by atoms with E-state index in [9.17, 15) is 0 Å². The van der Waals surface area contributed by atoms with Gasteiger partial charge in [-0.2, -0.15) is 0 Å². The van der Waals surface area contributed by atoms with Crippen molar-refractivity contribution in [3.8, 4) is 0 Å². The highest BCUT2D eigenvalue weighted by Crippen LogP contribution is 2.18. The summed E-state index contributed by atoms with van der Waals surface area (Å²) >= 11 is 0. The Hall–Kier alpha value is -1.16. The molecule has 1 aromatic heterocycles. The average molecular weight is 308 g/mol. The number of nitrogens with zero attached hydrogens (tertiary/aromatic N) is 2. The van der Waals surface area contributed by atoms with Gasteiger partial charge in [0.05, 0.1) is 5.52 Å². The Labute approximate surface area is 134 Å². The molecule has 0 fully saturated rings. The van der Waals surface area contributed by atoms with E-state index < -0.39 is 0 Å². The molecule has 4 heteroatoms. The lowest BCUT2D eigenvalue weighted by molar-refractivity contribution is 0.210. The summed E-state index contributed by atoms with van der Waals surface area (Å²) in [6.07, 6.45) is 0. The maximum absolute atomic E-state index is 5.80. The van der Waals surface area contributed by atoms with Gasteiger partial charge in [-0.15, -0.1) is 12.4 Å². The van der Waals surface area contributed by atoms with Crippen molar-refractivity contribution < 1.29 is 0 Å². The van der Waals surface area contributed by atoms with Gasteiger partial charge >= 0.3 is 0 Å². The fraction of sp³-hybridized carbons (Fsp3) is 0.471. The normalized spacial score (nSPS) is 11.7. The summed E-state index contributed by atoms with van der Waals surface area (Å²) in [5.41, 5.74) is 9.41. The molecular weight excluding hydrogens is 282 g/mol. The first-order chi connectivity index (χ1) is 9.39. The van der Waals surface area contributed by atoms with E-state index in [2.05, 4.69) is 61.1 Å². The third kappa shape index (κ3) is 4.95. The van der Waals surface area contributed by atoms with E-state index in [1.54, 1.807) is 0 Å². The first kappa shape index (κ1) is 17.9. The molecule has 0 atom stereocenters. The van der Waals surface area contributed by atoms with Gasteiger partial charge in [0.15, 0.2) is 0 Å². The highest BCUT2D eigenvalue weighted by Gasteiger charge is 2.18. The fourth-order valence-corrected chi connectivity index (χ4v) is 2.54. The lowest BCUT2D eigenvalue weighted by atomic mass is 9.93. The number of aromatic nitrogens is 1. The van der Waals surface area contributed by atoms with Crippen LogP contribution < -0.4 is 5.73 Å². The minimum atomic E-state index is 0. The van der Waals surface area contributed by atoms with Crippen LogP contribution in [-0.4, -0.2) is 30.0 Å². The third-order valence-electron chi connectivity index (χ3n) is 3.60. The molecule has 0 unspecified atom stereocenters. The van der Waals surface area contributed by atoms with Crippen LogP contribution >= 0.6 is 12.4 Å². The maximum Gasteiger partial charge on any atom is 0.0705 e. The summed E-state index contributed by atoms with van der Waals surface area (Å²) in [4.78, 5) is 6.87. The zero-order valence-electron chi connectivity index (χ0n) is 13.4. The minimum Gasteiger partial charge on any atom is -0.330 e. The van der Waals surface area contributed by atoms with Crippen molar-refractivity contribution in [1.29, 1.82) is 0 Å².